The van der Waals surface area contributed by atoms with Gasteiger partial charge in [-0.2, -0.15) is 0 Å². The second-order valence-corrected chi connectivity index (χ2v) is 4.53. The monoisotopic (exact) mass is 241 g/mol. The molecule has 1 heterocycles. The fourth-order valence-corrected chi connectivity index (χ4v) is 2.25. The zero-order chi connectivity index (χ0) is 11.8. The van der Waals surface area contributed by atoms with Crippen molar-refractivity contribution in [1.82, 2.24) is 0 Å². The molecule has 0 aliphatic carbocycles. The molecule has 88 valence electrons. The van der Waals surface area contributed by atoms with Crippen LogP contribution >= 0.6 is 11.3 Å². The zero-order valence-corrected chi connectivity index (χ0v) is 10.00. The van der Waals surface area contributed by atoms with Gasteiger partial charge in [-0.3, -0.25) is 4.79 Å². The molecule has 0 aliphatic heterocycles. The van der Waals surface area contributed by atoms with E-state index in [1.54, 1.807) is 11.3 Å². The largest absolute Gasteiger partial charge is 0.469 e. The Morgan fingerprint density at radius 3 is 3.06 bits per heavy atom. The van der Waals surface area contributed by atoms with E-state index >= 15 is 0 Å². The number of nitrogens with zero attached hydrogens (tertiary/aromatic N) is 1. The number of esters is 1. The summed E-state index contributed by atoms with van der Waals surface area (Å²) in [7, 11) is 1.40. The smallest absolute Gasteiger partial charge is 0.305 e. The van der Waals surface area contributed by atoms with Crippen LogP contribution in [0.4, 0.5) is 0 Å². The van der Waals surface area contributed by atoms with Crippen molar-refractivity contribution in [1.29, 1.82) is 0 Å². The number of unbranched alkanes of at least 4 members (excludes halogenated alkanes) is 1. The van der Waals surface area contributed by atoms with E-state index in [4.69, 9.17) is 5.21 Å². The second-order valence-electron chi connectivity index (χ2n) is 3.33. The summed E-state index contributed by atoms with van der Waals surface area (Å²) >= 11 is 1.60. The maximum atomic E-state index is 10.8. The third-order valence-corrected chi connectivity index (χ3v) is 3.23. The normalized spacial score (nSPS) is 10.8. The first-order valence-corrected chi connectivity index (χ1v) is 5.91. The number of hydrogen-bond acceptors (Lipinski definition) is 5. The van der Waals surface area contributed by atoms with Gasteiger partial charge < -0.3 is 9.94 Å². The predicted octanol–water partition coefficient (Wildman–Crippen LogP) is 2.44. The summed E-state index contributed by atoms with van der Waals surface area (Å²) in [5, 5.41) is 11.3. The number of thiophene rings is 1. The lowest BCUT2D eigenvalue weighted by molar-refractivity contribution is -0.140. The summed E-state index contributed by atoms with van der Waals surface area (Å²) in [6, 6.07) is 3.93. The number of carbonyl (C=O) groups is 1. The molecule has 0 unspecified atom stereocenters. The van der Waals surface area contributed by atoms with Crippen LogP contribution in [0.5, 0.6) is 0 Å². The molecule has 0 spiro atoms. The van der Waals surface area contributed by atoms with Crippen molar-refractivity contribution < 1.29 is 14.7 Å². The van der Waals surface area contributed by atoms with Crippen LogP contribution in [0.2, 0.25) is 0 Å². The van der Waals surface area contributed by atoms with E-state index in [-0.39, 0.29) is 5.97 Å². The van der Waals surface area contributed by atoms with Gasteiger partial charge in [0.05, 0.1) is 13.3 Å². The second kappa shape index (κ2) is 7.00. The number of aryl methyl sites for hydroxylation is 1. The molecule has 0 amide bonds. The average Bonchev–Trinajstić information content (AvgIpc) is 2.72. The lowest BCUT2D eigenvalue weighted by Crippen LogP contribution is -1.99. The molecule has 0 radical (unpaired) electrons. The summed E-state index contributed by atoms with van der Waals surface area (Å²) < 4.78 is 4.56. The van der Waals surface area contributed by atoms with Crippen molar-refractivity contribution in [3.63, 3.8) is 0 Å². The van der Waals surface area contributed by atoms with Crippen molar-refractivity contribution in [2.75, 3.05) is 7.11 Å². The molecule has 1 aromatic heterocycles. The highest BCUT2D eigenvalue weighted by Gasteiger charge is 2.01. The maximum Gasteiger partial charge on any atom is 0.305 e. The topological polar surface area (TPSA) is 58.9 Å². The first-order chi connectivity index (χ1) is 7.76. The van der Waals surface area contributed by atoms with Gasteiger partial charge in [0.25, 0.3) is 0 Å². The number of rotatable bonds is 6. The Balaban J connectivity index is 2.24. The van der Waals surface area contributed by atoms with Crippen LogP contribution in [0, 0.1) is 0 Å². The fourth-order valence-electron chi connectivity index (χ4n) is 1.33. The third kappa shape index (κ3) is 4.44. The Kier molecular flexibility index (Phi) is 5.56. The van der Waals surface area contributed by atoms with Crippen LogP contribution in [-0.4, -0.2) is 24.5 Å². The zero-order valence-electron chi connectivity index (χ0n) is 9.18. The van der Waals surface area contributed by atoms with Gasteiger partial charge in [0, 0.05) is 16.2 Å². The minimum Gasteiger partial charge on any atom is -0.469 e. The predicted molar refractivity (Wildman–Crippen MR) is 63.3 cm³/mol. The van der Waals surface area contributed by atoms with Gasteiger partial charge in [0.2, 0.25) is 0 Å². The standard InChI is InChI=1S/C11H15NO3S/c1-15-11(13)5-3-2-4-9-6-7-10(16-9)8-12-14/h6-8,14H,2-5H2,1H3. The molecule has 0 saturated carbocycles. The molecule has 0 aromatic carbocycles. The van der Waals surface area contributed by atoms with E-state index in [1.165, 1.54) is 18.2 Å². The highest BCUT2D eigenvalue weighted by Crippen LogP contribution is 2.17. The summed E-state index contributed by atoms with van der Waals surface area (Å²) in [4.78, 5) is 13.0. The van der Waals surface area contributed by atoms with Crippen LogP contribution in [0.1, 0.15) is 29.0 Å². The summed E-state index contributed by atoms with van der Waals surface area (Å²) in [6.45, 7) is 0. The molecule has 16 heavy (non-hydrogen) atoms. The van der Waals surface area contributed by atoms with Crippen LogP contribution in [0.15, 0.2) is 17.3 Å². The lowest BCUT2D eigenvalue weighted by Gasteiger charge is -1.98. The van der Waals surface area contributed by atoms with Crippen molar-refractivity contribution in [2.24, 2.45) is 5.16 Å². The number of hydrogen-bond donors (Lipinski definition) is 1. The van der Waals surface area contributed by atoms with E-state index in [2.05, 4.69) is 9.89 Å². The molecular weight excluding hydrogens is 226 g/mol. The molecule has 0 bridgehead atoms. The highest BCUT2D eigenvalue weighted by atomic mass is 32.1. The van der Waals surface area contributed by atoms with Gasteiger partial charge in [-0.1, -0.05) is 5.16 Å². The first-order valence-electron chi connectivity index (χ1n) is 5.09. The Bertz CT molecular complexity index is 360. The van der Waals surface area contributed by atoms with Gasteiger partial charge in [-0.05, 0) is 31.4 Å². The van der Waals surface area contributed by atoms with E-state index in [1.807, 2.05) is 12.1 Å². The molecule has 0 saturated heterocycles. The fraction of sp³-hybridized carbons (Fsp3) is 0.455. The number of ether oxygens (including phenoxy) is 1. The van der Waals surface area contributed by atoms with Gasteiger partial charge in [0.1, 0.15) is 0 Å². The third-order valence-electron chi connectivity index (χ3n) is 2.15. The van der Waals surface area contributed by atoms with Crippen molar-refractivity contribution in [3.05, 3.63) is 21.9 Å². The van der Waals surface area contributed by atoms with Crippen LogP contribution < -0.4 is 0 Å². The Morgan fingerprint density at radius 1 is 1.56 bits per heavy atom. The summed E-state index contributed by atoms with van der Waals surface area (Å²) in [5.74, 6) is -0.153. The number of carbonyl (C=O) groups excluding carboxylic acids is 1. The van der Waals surface area contributed by atoms with Crippen molar-refractivity contribution in [2.45, 2.75) is 25.7 Å². The molecule has 5 heteroatoms. The summed E-state index contributed by atoms with van der Waals surface area (Å²) in [5.41, 5.74) is 0. The maximum absolute atomic E-state index is 10.8. The minimum absolute atomic E-state index is 0.153. The van der Waals surface area contributed by atoms with E-state index in [0.717, 1.165) is 24.1 Å². The molecule has 4 nitrogen and oxygen atoms in total. The first kappa shape index (κ1) is 12.7. The number of methoxy groups -OCH3 is 1. The Labute approximate surface area is 98.5 Å². The Morgan fingerprint density at radius 2 is 2.38 bits per heavy atom. The molecule has 1 aromatic rings. The molecule has 1 rings (SSSR count). The Hall–Kier alpha value is -1.36. The summed E-state index contributed by atoms with van der Waals surface area (Å²) in [6.07, 6.45) is 4.65. The minimum atomic E-state index is -0.153. The van der Waals surface area contributed by atoms with Crippen molar-refractivity contribution in [3.8, 4) is 0 Å². The molecule has 0 fully saturated rings. The average molecular weight is 241 g/mol. The molecule has 0 aliphatic rings. The van der Waals surface area contributed by atoms with Gasteiger partial charge in [-0.25, -0.2) is 0 Å². The van der Waals surface area contributed by atoms with E-state index < -0.39 is 0 Å². The highest BCUT2D eigenvalue weighted by molar-refractivity contribution is 7.13. The van der Waals surface area contributed by atoms with Gasteiger partial charge in [-0.15, -0.1) is 11.3 Å². The van der Waals surface area contributed by atoms with Crippen LogP contribution in [0.3, 0.4) is 0 Å². The SMILES string of the molecule is COC(=O)CCCCc1ccc(C=NO)s1. The van der Waals surface area contributed by atoms with E-state index in [9.17, 15) is 4.79 Å². The lowest BCUT2D eigenvalue weighted by atomic mass is 10.2. The van der Waals surface area contributed by atoms with E-state index in [0.29, 0.717) is 6.42 Å². The molecule has 1 N–H and O–H groups in total. The van der Waals surface area contributed by atoms with Gasteiger partial charge >= 0.3 is 5.97 Å². The molecule has 0 atom stereocenters. The van der Waals surface area contributed by atoms with Gasteiger partial charge in [0.15, 0.2) is 0 Å². The molecular formula is C11H15NO3S. The van der Waals surface area contributed by atoms with Crippen LogP contribution in [0.25, 0.3) is 0 Å². The number of oxime groups is 1. The van der Waals surface area contributed by atoms with Crippen molar-refractivity contribution >= 4 is 23.5 Å². The van der Waals surface area contributed by atoms with Crippen LogP contribution in [-0.2, 0) is 16.0 Å². The quantitative estimate of drug-likeness (QED) is 0.273.